The number of fused-ring (bicyclic) bond motifs is 1. The summed E-state index contributed by atoms with van der Waals surface area (Å²) in [5.74, 6) is 1.15. The number of aromatic nitrogens is 2. The van der Waals surface area contributed by atoms with Crippen LogP contribution in [-0.4, -0.2) is 4.57 Å². The molecule has 0 bridgehead atoms. The fourth-order valence-electron chi connectivity index (χ4n) is 3.93. The molecule has 4 rings (SSSR count). The summed E-state index contributed by atoms with van der Waals surface area (Å²) in [6.45, 7) is 11.0. The predicted molar refractivity (Wildman–Crippen MR) is 108 cm³/mol. The van der Waals surface area contributed by atoms with Gasteiger partial charge in [-0.3, -0.25) is 0 Å². The number of imidazole rings is 1. The van der Waals surface area contributed by atoms with Gasteiger partial charge in [-0.2, -0.15) is 4.57 Å². The maximum absolute atomic E-state index is 9.41. The second kappa shape index (κ2) is 5.98. The molecular formula is C24H27N2+. The van der Waals surface area contributed by atoms with E-state index in [2.05, 4.69) is 74.1 Å². The molecule has 0 fully saturated rings. The van der Waals surface area contributed by atoms with Crippen molar-refractivity contribution in [2.24, 2.45) is 0 Å². The van der Waals surface area contributed by atoms with Gasteiger partial charge in [0.05, 0.1) is 6.79 Å². The van der Waals surface area contributed by atoms with Crippen LogP contribution in [0, 0.1) is 13.8 Å². The lowest BCUT2D eigenvalue weighted by Gasteiger charge is -2.20. The molecule has 0 aliphatic carbocycles. The smallest absolute Gasteiger partial charge is 0.216 e. The Balaban J connectivity index is 2.09. The number of para-hydroxylation sites is 1. The highest BCUT2D eigenvalue weighted by molar-refractivity contribution is 5.53. The monoisotopic (exact) mass is 344 g/mol. The van der Waals surface area contributed by atoms with Gasteiger partial charge in [-0.25, -0.2) is 4.57 Å². The Morgan fingerprint density at radius 1 is 0.962 bits per heavy atom. The lowest BCUT2D eigenvalue weighted by molar-refractivity contribution is -0.710. The molecule has 1 aliphatic heterocycles. The summed E-state index contributed by atoms with van der Waals surface area (Å²) in [5, 5.41) is 0. The van der Waals surface area contributed by atoms with Crippen LogP contribution in [0.1, 0.15) is 56.5 Å². The molecule has 132 valence electrons. The molecule has 2 nitrogen and oxygen atoms in total. The van der Waals surface area contributed by atoms with Gasteiger partial charge < -0.3 is 0 Å². The molecule has 26 heavy (non-hydrogen) atoms. The lowest BCUT2D eigenvalue weighted by atomic mass is 9.94. The zero-order chi connectivity index (χ0) is 19.4. The summed E-state index contributed by atoms with van der Waals surface area (Å²) < 4.78 is 14.0. The first-order valence-electron chi connectivity index (χ1n) is 9.74. The van der Waals surface area contributed by atoms with Crippen LogP contribution in [0.4, 0.5) is 0 Å². The van der Waals surface area contributed by atoms with E-state index >= 15 is 0 Å². The Hall–Kier alpha value is -2.61. The zero-order valence-electron chi connectivity index (χ0n) is 17.2. The van der Waals surface area contributed by atoms with Crippen molar-refractivity contribution >= 4 is 6.08 Å². The van der Waals surface area contributed by atoms with Crippen LogP contribution >= 0.6 is 0 Å². The van der Waals surface area contributed by atoms with Crippen molar-refractivity contribution < 1.29 is 5.94 Å². The largest absolute Gasteiger partial charge is 0.268 e. The summed E-state index contributed by atoms with van der Waals surface area (Å²) >= 11 is 0. The molecule has 0 radical (unpaired) electrons. The van der Waals surface area contributed by atoms with E-state index in [1.807, 2.05) is 36.4 Å². The van der Waals surface area contributed by atoms with Crippen molar-refractivity contribution in [1.82, 2.24) is 4.57 Å². The number of aryl methyl sites for hydroxylation is 1. The predicted octanol–water partition coefficient (Wildman–Crippen LogP) is 5.30. The van der Waals surface area contributed by atoms with E-state index in [0.717, 1.165) is 17.1 Å². The Morgan fingerprint density at radius 3 is 2.27 bits per heavy atom. The Kier molecular flexibility index (Phi) is 3.59. The van der Waals surface area contributed by atoms with Gasteiger partial charge in [-0.15, -0.1) is 0 Å². The van der Waals surface area contributed by atoms with Crippen LogP contribution in [0.3, 0.4) is 0 Å². The molecule has 1 atom stereocenters. The van der Waals surface area contributed by atoms with Gasteiger partial charge in [-0.1, -0.05) is 48.5 Å². The molecule has 2 heteroatoms. The van der Waals surface area contributed by atoms with Crippen molar-refractivity contribution in [2.45, 2.75) is 46.1 Å². The highest BCUT2D eigenvalue weighted by atomic mass is 15.2. The van der Waals surface area contributed by atoms with Crippen LogP contribution < -0.4 is 4.57 Å². The van der Waals surface area contributed by atoms with E-state index in [1.54, 1.807) is 0 Å². The molecule has 0 saturated carbocycles. The average molecular weight is 345 g/mol. The number of rotatable bonds is 2. The Morgan fingerprint density at radius 2 is 1.62 bits per heavy atom. The third kappa shape index (κ3) is 2.52. The van der Waals surface area contributed by atoms with Gasteiger partial charge in [0.2, 0.25) is 0 Å². The molecule has 0 N–H and O–H groups in total. The van der Waals surface area contributed by atoms with Crippen molar-refractivity contribution in [1.29, 1.82) is 0 Å². The summed E-state index contributed by atoms with van der Waals surface area (Å²) in [4.78, 5) is 0. The van der Waals surface area contributed by atoms with E-state index < -0.39 is 6.02 Å². The van der Waals surface area contributed by atoms with Crippen LogP contribution in [0.2, 0.25) is 0 Å². The molecule has 2 aromatic carbocycles. The second-order valence-corrected chi connectivity index (χ2v) is 8.09. The van der Waals surface area contributed by atoms with Crippen molar-refractivity contribution in [3.63, 3.8) is 0 Å². The maximum Gasteiger partial charge on any atom is 0.268 e. The summed E-state index contributed by atoms with van der Waals surface area (Å²) in [5.41, 5.74) is 5.57. The molecule has 1 aromatic heterocycles. The lowest BCUT2D eigenvalue weighted by Crippen LogP contribution is -2.46. The minimum absolute atomic E-state index is 0.127. The number of nitrogens with zero attached hydrogens (tertiary/aromatic N) is 2. The van der Waals surface area contributed by atoms with Gasteiger partial charge in [0.15, 0.2) is 11.4 Å². The van der Waals surface area contributed by atoms with Crippen LogP contribution in [-0.2, 0) is 5.41 Å². The molecule has 1 aliphatic rings. The van der Waals surface area contributed by atoms with E-state index in [0.29, 0.717) is 0 Å². The third-order valence-electron chi connectivity index (χ3n) is 5.11. The minimum Gasteiger partial charge on any atom is -0.216 e. The van der Waals surface area contributed by atoms with E-state index in [9.17, 15) is 1.37 Å². The summed E-state index contributed by atoms with van der Waals surface area (Å²) in [7, 11) is 0. The van der Waals surface area contributed by atoms with E-state index in [1.165, 1.54) is 16.9 Å². The van der Waals surface area contributed by atoms with Gasteiger partial charge in [-0.05, 0) is 51.5 Å². The van der Waals surface area contributed by atoms with Crippen molar-refractivity contribution in [2.75, 3.05) is 0 Å². The highest BCUT2D eigenvalue weighted by Crippen LogP contribution is 2.34. The number of allylic oxidation sites excluding steroid dienone is 1. The molecule has 3 aromatic rings. The fraction of sp³-hybridized carbons (Fsp3) is 0.292. The van der Waals surface area contributed by atoms with Crippen LogP contribution in [0.25, 0.3) is 11.8 Å². The summed E-state index contributed by atoms with van der Waals surface area (Å²) in [6, 6.07) is 17.7. The van der Waals surface area contributed by atoms with Crippen LogP contribution in [0.15, 0.2) is 60.7 Å². The van der Waals surface area contributed by atoms with Gasteiger partial charge in [0.1, 0.15) is 11.7 Å². The zero-order valence-corrected chi connectivity index (χ0v) is 16.2. The normalized spacial score (nSPS) is 19.5. The second-order valence-electron chi connectivity index (χ2n) is 8.09. The third-order valence-corrected chi connectivity index (χ3v) is 5.11. The Bertz CT molecular complexity index is 1040. The SMILES string of the molecule is [2H]C1(c2ccccc2)C=Cc2c(C)n(-c3ccccc3C)c(C(C)(C)C)[n+]21. The number of benzene rings is 2. The van der Waals surface area contributed by atoms with Gasteiger partial charge in [0.25, 0.3) is 5.82 Å². The first-order chi connectivity index (χ1) is 12.7. The first kappa shape index (κ1) is 15.6. The number of hydrogen-bond acceptors (Lipinski definition) is 0. The van der Waals surface area contributed by atoms with Crippen molar-refractivity contribution in [3.8, 4) is 5.69 Å². The quantitative estimate of drug-likeness (QED) is 0.558. The van der Waals surface area contributed by atoms with Gasteiger partial charge in [0, 0.05) is 12.5 Å². The Labute approximate surface area is 157 Å². The molecule has 0 saturated heterocycles. The first-order valence-corrected chi connectivity index (χ1v) is 9.24. The maximum atomic E-state index is 9.41. The van der Waals surface area contributed by atoms with Crippen LogP contribution in [0.5, 0.6) is 0 Å². The minimum atomic E-state index is -0.933. The average Bonchev–Trinajstić information content (AvgIpc) is 3.13. The highest BCUT2D eigenvalue weighted by Gasteiger charge is 2.41. The molecule has 1 unspecified atom stereocenters. The standard InChI is InChI=1S/C24H27N2/c1-17-11-9-10-14-20(17)25-18(2)21-15-16-22(19-12-7-6-8-13-19)26(21)23(25)24(3,4)5/h6-16,22H,1-5H3/q+1/i22D. The molecule has 2 heterocycles. The molecule has 0 spiro atoms. The van der Waals surface area contributed by atoms with Gasteiger partial charge >= 0.3 is 0 Å². The topological polar surface area (TPSA) is 8.81 Å². The molecular weight excluding hydrogens is 316 g/mol. The fourth-order valence-corrected chi connectivity index (χ4v) is 3.93. The van der Waals surface area contributed by atoms with E-state index in [4.69, 9.17) is 0 Å². The van der Waals surface area contributed by atoms with E-state index in [-0.39, 0.29) is 5.41 Å². The summed E-state index contributed by atoms with van der Waals surface area (Å²) in [6.07, 6.45) is 4.13. The van der Waals surface area contributed by atoms with Crippen molar-refractivity contribution in [3.05, 3.63) is 89.0 Å². The number of hydrogen-bond donors (Lipinski definition) is 0. The molecule has 0 amide bonds.